The fourth-order valence-corrected chi connectivity index (χ4v) is 3.85. The molecule has 2 aromatic heterocycles. The average molecular weight is 298 g/mol. The predicted octanol–water partition coefficient (Wildman–Crippen LogP) is 1.95. The second-order valence-corrected chi connectivity index (χ2v) is 6.69. The molecule has 0 atom stereocenters. The molecule has 0 aromatic carbocycles. The van der Waals surface area contributed by atoms with Crippen LogP contribution >= 0.6 is 11.3 Å². The van der Waals surface area contributed by atoms with Gasteiger partial charge in [-0.05, 0) is 30.7 Å². The molecule has 0 aliphatic heterocycles. The third-order valence-electron chi connectivity index (χ3n) is 2.27. The maximum absolute atomic E-state index is 12.1. The van der Waals surface area contributed by atoms with Crippen LogP contribution in [0.4, 0.5) is 5.69 Å². The van der Waals surface area contributed by atoms with Crippen molar-refractivity contribution in [2.45, 2.75) is 11.1 Å². The third-order valence-corrected chi connectivity index (χ3v) is 5.35. The summed E-state index contributed by atoms with van der Waals surface area (Å²) in [7, 11) is -3.78. The van der Waals surface area contributed by atoms with E-state index >= 15 is 0 Å². The van der Waals surface area contributed by atoms with Crippen molar-refractivity contribution in [3.63, 3.8) is 0 Å². The molecule has 0 aliphatic rings. The summed E-state index contributed by atoms with van der Waals surface area (Å²) in [5.41, 5.74) is 0.745. The van der Waals surface area contributed by atoms with Crippen LogP contribution in [0.25, 0.3) is 0 Å². The first-order chi connectivity index (χ1) is 8.90. The number of hydrogen-bond acceptors (Lipinski definition) is 5. The van der Waals surface area contributed by atoms with Crippen molar-refractivity contribution in [1.82, 2.24) is 4.98 Å². The Labute approximate surface area is 113 Å². The van der Waals surface area contributed by atoms with Crippen molar-refractivity contribution in [1.29, 1.82) is 0 Å². The molecule has 8 heteroatoms. The zero-order chi connectivity index (χ0) is 14.0. The highest BCUT2D eigenvalue weighted by Gasteiger charge is 2.21. The number of rotatable bonds is 4. The number of thiophene rings is 1. The van der Waals surface area contributed by atoms with Crippen LogP contribution in [0, 0.1) is 6.92 Å². The summed E-state index contributed by atoms with van der Waals surface area (Å²) in [5, 5.41) is 8.92. The highest BCUT2D eigenvalue weighted by atomic mass is 32.2. The Balaban J connectivity index is 2.35. The summed E-state index contributed by atoms with van der Waals surface area (Å²) < 4.78 is 26.4. The molecule has 19 heavy (non-hydrogen) atoms. The highest BCUT2D eigenvalue weighted by Crippen LogP contribution is 2.27. The summed E-state index contributed by atoms with van der Waals surface area (Å²) in [6.45, 7) is 1.56. The van der Waals surface area contributed by atoms with Gasteiger partial charge in [0, 0.05) is 6.20 Å². The topological polar surface area (TPSA) is 96.4 Å². The summed E-state index contributed by atoms with van der Waals surface area (Å²) in [6.07, 6.45) is 2.89. The number of anilines is 1. The lowest BCUT2D eigenvalue weighted by Crippen LogP contribution is -2.11. The molecule has 0 amide bonds. The maximum Gasteiger partial charge on any atom is 0.346 e. The van der Waals surface area contributed by atoms with E-state index < -0.39 is 16.0 Å². The highest BCUT2D eigenvalue weighted by molar-refractivity contribution is 7.94. The Hall–Kier alpha value is -1.93. The summed E-state index contributed by atoms with van der Waals surface area (Å²) >= 11 is 0.723. The first-order valence-electron chi connectivity index (χ1n) is 5.17. The second-order valence-electron chi connectivity index (χ2n) is 3.73. The normalized spacial score (nSPS) is 11.2. The van der Waals surface area contributed by atoms with E-state index in [1.807, 2.05) is 0 Å². The number of nitrogens with zero attached hydrogens (tertiary/aromatic N) is 1. The van der Waals surface area contributed by atoms with Gasteiger partial charge in [0.25, 0.3) is 10.0 Å². The summed E-state index contributed by atoms with van der Waals surface area (Å²) in [6, 6.07) is 4.50. The van der Waals surface area contributed by atoms with E-state index in [0.717, 1.165) is 11.3 Å². The standard InChI is InChI=1S/C11H10N2O4S2/c1-7-5-9(18-10(7)11(14)15)19(16,17)13-8-3-2-4-12-6-8/h2-6,13H,1H3,(H,14,15). The first kappa shape index (κ1) is 13.5. The van der Waals surface area contributed by atoms with Crippen molar-refractivity contribution in [2.24, 2.45) is 0 Å². The molecule has 0 saturated carbocycles. The lowest BCUT2D eigenvalue weighted by atomic mass is 10.3. The van der Waals surface area contributed by atoms with Crippen molar-refractivity contribution < 1.29 is 18.3 Å². The monoisotopic (exact) mass is 298 g/mol. The van der Waals surface area contributed by atoms with E-state index in [1.165, 1.54) is 18.5 Å². The maximum atomic E-state index is 12.1. The molecule has 0 radical (unpaired) electrons. The van der Waals surface area contributed by atoms with E-state index in [-0.39, 0.29) is 9.09 Å². The zero-order valence-corrected chi connectivity index (χ0v) is 11.5. The number of pyridine rings is 1. The van der Waals surface area contributed by atoms with Gasteiger partial charge in [-0.1, -0.05) is 0 Å². The third kappa shape index (κ3) is 2.91. The average Bonchev–Trinajstić information content (AvgIpc) is 2.73. The minimum Gasteiger partial charge on any atom is -0.477 e. The fourth-order valence-electron chi connectivity index (χ4n) is 1.43. The molecule has 2 aromatic rings. The van der Waals surface area contributed by atoms with Gasteiger partial charge in [-0.2, -0.15) is 0 Å². The quantitative estimate of drug-likeness (QED) is 0.899. The number of carbonyl (C=O) groups is 1. The minimum atomic E-state index is -3.78. The first-order valence-corrected chi connectivity index (χ1v) is 7.46. The van der Waals surface area contributed by atoms with Gasteiger partial charge in [0.2, 0.25) is 0 Å². The Bertz CT molecular complexity index is 708. The number of sulfonamides is 1. The van der Waals surface area contributed by atoms with Crippen LogP contribution in [0.1, 0.15) is 15.2 Å². The zero-order valence-electron chi connectivity index (χ0n) is 9.82. The summed E-state index contributed by atoms with van der Waals surface area (Å²) in [4.78, 5) is 14.7. The molecule has 2 N–H and O–H groups in total. The van der Waals surface area contributed by atoms with E-state index in [1.54, 1.807) is 19.1 Å². The van der Waals surface area contributed by atoms with Gasteiger partial charge in [0.05, 0.1) is 11.9 Å². The molecular formula is C11H10N2O4S2. The number of carboxylic acids is 1. The molecule has 0 spiro atoms. The predicted molar refractivity (Wildman–Crippen MR) is 71.1 cm³/mol. The Morgan fingerprint density at radius 1 is 1.47 bits per heavy atom. The molecule has 6 nitrogen and oxygen atoms in total. The molecule has 0 unspecified atom stereocenters. The second kappa shape index (κ2) is 4.98. The van der Waals surface area contributed by atoms with Crippen molar-refractivity contribution in [3.05, 3.63) is 41.0 Å². The van der Waals surface area contributed by atoms with Crippen molar-refractivity contribution >= 4 is 33.0 Å². The SMILES string of the molecule is Cc1cc(S(=O)(=O)Nc2cccnc2)sc1C(=O)O. The Morgan fingerprint density at radius 3 is 2.74 bits per heavy atom. The Kier molecular flexibility index (Phi) is 3.54. The van der Waals surface area contributed by atoms with E-state index in [2.05, 4.69) is 9.71 Å². The molecule has 2 heterocycles. The van der Waals surface area contributed by atoms with Crippen LogP contribution in [0.2, 0.25) is 0 Å². The summed E-state index contributed by atoms with van der Waals surface area (Å²) in [5.74, 6) is -1.13. The van der Waals surface area contributed by atoms with Gasteiger partial charge in [0.15, 0.2) is 0 Å². The molecule has 0 bridgehead atoms. The van der Waals surface area contributed by atoms with Gasteiger partial charge < -0.3 is 5.11 Å². The molecule has 2 rings (SSSR count). The Morgan fingerprint density at radius 2 is 2.21 bits per heavy atom. The van der Waals surface area contributed by atoms with Crippen molar-refractivity contribution in [3.8, 4) is 0 Å². The lowest BCUT2D eigenvalue weighted by molar-refractivity contribution is 0.0701. The number of aromatic carboxylic acids is 1. The van der Waals surface area contributed by atoms with Gasteiger partial charge in [-0.25, -0.2) is 13.2 Å². The number of hydrogen-bond donors (Lipinski definition) is 2. The van der Waals surface area contributed by atoms with Crippen molar-refractivity contribution in [2.75, 3.05) is 4.72 Å². The van der Waals surface area contributed by atoms with Gasteiger partial charge in [-0.15, -0.1) is 11.3 Å². The van der Waals surface area contributed by atoms with E-state index in [4.69, 9.17) is 5.11 Å². The van der Waals surface area contributed by atoms with Crippen LogP contribution < -0.4 is 4.72 Å². The number of aromatic nitrogens is 1. The van der Waals surface area contributed by atoms with E-state index in [9.17, 15) is 13.2 Å². The van der Waals surface area contributed by atoms with Crippen LogP contribution in [-0.2, 0) is 10.0 Å². The molecule has 0 fully saturated rings. The number of aryl methyl sites for hydroxylation is 1. The van der Waals surface area contributed by atoms with Crippen LogP contribution in [0.15, 0.2) is 34.8 Å². The molecule has 100 valence electrons. The molecular weight excluding hydrogens is 288 g/mol. The van der Waals surface area contributed by atoms with Gasteiger partial charge in [0.1, 0.15) is 9.09 Å². The van der Waals surface area contributed by atoms with Gasteiger partial charge in [-0.3, -0.25) is 9.71 Å². The van der Waals surface area contributed by atoms with Crippen LogP contribution in [0.3, 0.4) is 0 Å². The fraction of sp³-hybridized carbons (Fsp3) is 0.0909. The van der Waals surface area contributed by atoms with Crippen LogP contribution in [-0.4, -0.2) is 24.5 Å². The molecule has 0 saturated heterocycles. The number of carboxylic acid groups (broad SMARTS) is 1. The molecule has 0 aliphatic carbocycles. The van der Waals surface area contributed by atoms with Crippen LogP contribution in [0.5, 0.6) is 0 Å². The minimum absolute atomic E-state index is 0.0200. The van der Waals surface area contributed by atoms with Gasteiger partial charge >= 0.3 is 5.97 Å². The largest absolute Gasteiger partial charge is 0.477 e. The smallest absolute Gasteiger partial charge is 0.346 e. The van der Waals surface area contributed by atoms with E-state index in [0.29, 0.717) is 11.3 Å². The number of nitrogens with one attached hydrogen (secondary N) is 1. The lowest BCUT2D eigenvalue weighted by Gasteiger charge is -2.04.